The third-order valence-electron chi connectivity index (χ3n) is 5.83. The van der Waals surface area contributed by atoms with Crippen molar-refractivity contribution < 1.29 is 0 Å². The lowest BCUT2D eigenvalue weighted by Crippen LogP contribution is -2.43. The van der Waals surface area contributed by atoms with Crippen LogP contribution in [-0.4, -0.2) is 41.1 Å². The summed E-state index contributed by atoms with van der Waals surface area (Å²) in [5, 5.41) is 7.92. The monoisotopic (exact) mass is 456 g/mol. The van der Waals surface area contributed by atoms with E-state index < -0.39 is 0 Å². The van der Waals surface area contributed by atoms with Crippen molar-refractivity contribution >= 4 is 22.4 Å². The van der Waals surface area contributed by atoms with Crippen LogP contribution in [0.5, 0.6) is 0 Å². The Morgan fingerprint density at radius 3 is 2.61 bits per heavy atom. The maximum absolute atomic E-state index is 5.10. The Kier molecular flexibility index (Phi) is 6.32. The van der Waals surface area contributed by atoms with Gasteiger partial charge in [0.15, 0.2) is 5.13 Å². The number of piperazine rings is 1. The number of aromatic nitrogens is 3. The van der Waals surface area contributed by atoms with E-state index in [1.807, 2.05) is 30.5 Å². The van der Waals surface area contributed by atoms with Gasteiger partial charge in [0.1, 0.15) is 0 Å². The number of aryl methyl sites for hydroxylation is 1. The number of thiazole rings is 1. The quantitative estimate of drug-likeness (QED) is 0.418. The lowest BCUT2D eigenvalue weighted by Gasteiger charge is -2.26. The van der Waals surface area contributed by atoms with Crippen LogP contribution in [0.2, 0.25) is 0 Å². The minimum absolute atomic E-state index is 0.107. The van der Waals surface area contributed by atoms with Gasteiger partial charge in [-0.15, -0.1) is 0 Å². The highest BCUT2D eigenvalue weighted by Gasteiger charge is 2.21. The first kappa shape index (κ1) is 21.6. The summed E-state index contributed by atoms with van der Waals surface area (Å²) in [6.07, 6.45) is 1.83. The zero-order valence-electron chi connectivity index (χ0n) is 19.0. The van der Waals surface area contributed by atoms with Crippen LogP contribution in [-0.2, 0) is 0 Å². The van der Waals surface area contributed by atoms with Gasteiger partial charge in [-0.25, -0.2) is 15.0 Å². The van der Waals surface area contributed by atoms with Gasteiger partial charge in [0.2, 0.25) is 5.95 Å². The zero-order chi connectivity index (χ0) is 22.6. The fraction of sp³-hybridized carbons (Fsp3) is 0.269. The van der Waals surface area contributed by atoms with Crippen molar-refractivity contribution in [3.8, 4) is 21.8 Å². The van der Waals surface area contributed by atoms with Gasteiger partial charge in [-0.3, -0.25) is 0 Å². The summed E-state index contributed by atoms with van der Waals surface area (Å²) in [5.41, 5.74) is 5.41. The van der Waals surface area contributed by atoms with Gasteiger partial charge in [0.25, 0.3) is 0 Å². The number of hydrogen-bond donors (Lipinski definition) is 2. The van der Waals surface area contributed by atoms with Crippen LogP contribution in [0.25, 0.3) is 21.8 Å². The molecule has 168 valence electrons. The molecule has 1 atom stereocenters. The number of hydrogen-bond acceptors (Lipinski definition) is 7. The Hall–Kier alpha value is -3.29. The Labute approximate surface area is 198 Å². The number of nitrogens with one attached hydrogen (secondary N) is 2. The van der Waals surface area contributed by atoms with Gasteiger partial charge in [0.05, 0.1) is 22.3 Å². The first-order valence-electron chi connectivity index (χ1n) is 11.4. The Morgan fingerprint density at radius 2 is 1.82 bits per heavy atom. The van der Waals surface area contributed by atoms with Crippen LogP contribution in [0.4, 0.5) is 11.1 Å². The fourth-order valence-electron chi connectivity index (χ4n) is 4.04. The van der Waals surface area contributed by atoms with Crippen molar-refractivity contribution in [1.29, 1.82) is 0 Å². The van der Waals surface area contributed by atoms with Crippen molar-refractivity contribution in [3.05, 3.63) is 78.0 Å². The van der Waals surface area contributed by atoms with E-state index in [1.165, 1.54) is 11.1 Å². The Bertz CT molecular complexity index is 1220. The van der Waals surface area contributed by atoms with Gasteiger partial charge in [-0.1, -0.05) is 65.4 Å². The van der Waals surface area contributed by atoms with Crippen LogP contribution >= 0.6 is 11.3 Å². The van der Waals surface area contributed by atoms with Crippen LogP contribution < -0.4 is 15.5 Å². The topological polar surface area (TPSA) is 66.0 Å². The van der Waals surface area contributed by atoms with Gasteiger partial charge in [-0.2, -0.15) is 0 Å². The molecule has 0 amide bonds. The van der Waals surface area contributed by atoms with Gasteiger partial charge >= 0.3 is 0 Å². The van der Waals surface area contributed by atoms with Crippen molar-refractivity contribution in [2.75, 3.05) is 36.4 Å². The molecule has 2 N–H and O–H groups in total. The molecule has 0 aliphatic carbocycles. The summed E-state index contributed by atoms with van der Waals surface area (Å²) < 4.78 is 0. The lowest BCUT2D eigenvalue weighted by atomic mass is 10.1. The maximum atomic E-state index is 5.10. The largest absolute Gasteiger partial charge is 0.348 e. The normalized spacial score (nSPS) is 14.8. The number of anilines is 2. The first-order valence-corrected chi connectivity index (χ1v) is 12.2. The number of nitrogens with zero attached hydrogens (tertiary/aromatic N) is 4. The van der Waals surface area contributed by atoms with E-state index in [-0.39, 0.29) is 6.04 Å². The highest BCUT2D eigenvalue weighted by molar-refractivity contribution is 7.19. The molecule has 1 fully saturated rings. The third kappa shape index (κ3) is 4.89. The van der Waals surface area contributed by atoms with Gasteiger partial charge in [-0.05, 0) is 31.5 Å². The van der Waals surface area contributed by atoms with E-state index >= 15 is 0 Å². The third-order valence-corrected chi connectivity index (χ3v) is 6.97. The first-order chi connectivity index (χ1) is 16.2. The second kappa shape index (κ2) is 9.68. The minimum Gasteiger partial charge on any atom is -0.348 e. The molecule has 4 aromatic rings. The summed E-state index contributed by atoms with van der Waals surface area (Å²) in [6, 6.07) is 21.0. The Balaban J connectivity index is 1.51. The second-order valence-electron chi connectivity index (χ2n) is 8.32. The van der Waals surface area contributed by atoms with E-state index in [2.05, 4.69) is 70.8 Å². The van der Waals surface area contributed by atoms with Crippen molar-refractivity contribution in [2.24, 2.45) is 0 Å². The average molecular weight is 457 g/mol. The summed E-state index contributed by atoms with van der Waals surface area (Å²) >= 11 is 1.71. The molecule has 0 saturated carbocycles. The number of benzene rings is 2. The molecule has 1 saturated heterocycles. The van der Waals surface area contributed by atoms with E-state index in [0.29, 0.717) is 5.95 Å². The highest BCUT2D eigenvalue weighted by atomic mass is 32.1. The maximum Gasteiger partial charge on any atom is 0.223 e. The molecule has 1 aliphatic heterocycles. The van der Waals surface area contributed by atoms with E-state index in [9.17, 15) is 0 Å². The van der Waals surface area contributed by atoms with Crippen LogP contribution in [0.15, 0.2) is 66.9 Å². The summed E-state index contributed by atoms with van der Waals surface area (Å²) in [5.74, 6) is 0.621. The molecule has 2 aromatic carbocycles. The molecule has 0 unspecified atom stereocenters. The molecule has 0 radical (unpaired) electrons. The molecule has 7 heteroatoms. The predicted molar refractivity (Wildman–Crippen MR) is 137 cm³/mol. The molecule has 0 bridgehead atoms. The zero-order valence-corrected chi connectivity index (χ0v) is 19.8. The molecule has 3 heterocycles. The molecular formula is C26H28N6S. The Morgan fingerprint density at radius 1 is 1.00 bits per heavy atom. The van der Waals surface area contributed by atoms with Crippen LogP contribution in [0, 0.1) is 6.92 Å². The second-order valence-corrected chi connectivity index (χ2v) is 9.30. The summed E-state index contributed by atoms with van der Waals surface area (Å²) in [4.78, 5) is 17.9. The smallest absolute Gasteiger partial charge is 0.223 e. The van der Waals surface area contributed by atoms with E-state index in [4.69, 9.17) is 9.97 Å². The SMILES string of the molecule is Cc1cccc(-c2nc(N3CCNCC3)sc2-c2ccnc(N[C@@H](C)c3ccccc3)n2)c1. The number of rotatable bonds is 6. The summed E-state index contributed by atoms with van der Waals surface area (Å²) in [7, 11) is 0. The molecular weight excluding hydrogens is 428 g/mol. The van der Waals surface area contributed by atoms with E-state index in [0.717, 1.165) is 53.1 Å². The highest BCUT2D eigenvalue weighted by Crippen LogP contribution is 2.40. The molecule has 2 aromatic heterocycles. The molecule has 5 rings (SSSR count). The van der Waals surface area contributed by atoms with Crippen molar-refractivity contribution in [1.82, 2.24) is 20.3 Å². The summed E-state index contributed by atoms with van der Waals surface area (Å²) in [6.45, 7) is 8.13. The van der Waals surface area contributed by atoms with Crippen molar-refractivity contribution in [3.63, 3.8) is 0 Å². The van der Waals surface area contributed by atoms with Crippen LogP contribution in [0.1, 0.15) is 24.1 Å². The minimum atomic E-state index is 0.107. The molecule has 6 nitrogen and oxygen atoms in total. The average Bonchev–Trinajstić information content (AvgIpc) is 3.31. The lowest BCUT2D eigenvalue weighted by molar-refractivity contribution is 0.588. The van der Waals surface area contributed by atoms with Gasteiger partial charge in [0, 0.05) is 37.9 Å². The molecule has 0 spiro atoms. The molecule has 1 aliphatic rings. The van der Waals surface area contributed by atoms with Gasteiger partial charge < -0.3 is 15.5 Å². The van der Waals surface area contributed by atoms with Crippen molar-refractivity contribution in [2.45, 2.75) is 19.9 Å². The van der Waals surface area contributed by atoms with Crippen LogP contribution in [0.3, 0.4) is 0 Å². The fourth-order valence-corrected chi connectivity index (χ4v) is 5.14. The predicted octanol–water partition coefficient (Wildman–Crippen LogP) is 5.16. The standard InChI is InChI=1S/C26H28N6S/c1-18-7-6-10-21(17-18)23-24(33-26(31-23)32-15-13-27-14-16-32)22-11-12-28-25(30-22)29-19(2)20-8-4-3-5-9-20/h3-12,17,19,27H,13-16H2,1-2H3,(H,28,29,30)/t19-/m0/s1. The molecule has 33 heavy (non-hydrogen) atoms. The van der Waals surface area contributed by atoms with E-state index in [1.54, 1.807) is 11.3 Å².